The first-order chi connectivity index (χ1) is 8.97. The van der Waals surface area contributed by atoms with Crippen molar-refractivity contribution < 1.29 is 9.72 Å². The number of benzene rings is 1. The zero-order valence-corrected chi connectivity index (χ0v) is 13.0. The number of non-ortho nitro benzene ring substituents is 1. The zero-order chi connectivity index (χ0) is 14.0. The number of nitro benzene ring substituents is 1. The standard InChI is InChI=1S/C11H6ClIN2O3S/c12-8-4-7(15(17)18)1-2-9(8)14-11(16)6-3-10(13)19-5-6/h1-5H,(H,14,16). The SMILES string of the molecule is O=C(Nc1ccc([N+](=O)[O-])cc1Cl)c1csc(I)c1. The molecule has 0 aliphatic carbocycles. The van der Waals surface area contributed by atoms with Crippen LogP contribution in [0, 0.1) is 13.0 Å². The van der Waals surface area contributed by atoms with Gasteiger partial charge in [0.2, 0.25) is 0 Å². The van der Waals surface area contributed by atoms with E-state index in [4.69, 9.17) is 11.6 Å². The number of rotatable bonds is 3. The molecule has 19 heavy (non-hydrogen) atoms. The average Bonchev–Trinajstić information content (AvgIpc) is 2.78. The van der Waals surface area contributed by atoms with Gasteiger partial charge in [0.15, 0.2) is 0 Å². The third-order valence-corrected chi connectivity index (χ3v) is 4.34. The quantitative estimate of drug-likeness (QED) is 0.471. The van der Waals surface area contributed by atoms with Crippen LogP contribution in [0.25, 0.3) is 0 Å². The second-order valence-corrected chi connectivity index (χ2v) is 6.73. The maximum Gasteiger partial charge on any atom is 0.271 e. The molecule has 0 spiro atoms. The molecule has 5 nitrogen and oxygen atoms in total. The lowest BCUT2D eigenvalue weighted by molar-refractivity contribution is -0.384. The van der Waals surface area contributed by atoms with E-state index >= 15 is 0 Å². The van der Waals surface area contributed by atoms with Gasteiger partial charge in [-0.3, -0.25) is 14.9 Å². The Morgan fingerprint density at radius 1 is 1.42 bits per heavy atom. The highest BCUT2D eigenvalue weighted by Gasteiger charge is 2.13. The molecule has 1 amide bonds. The third kappa shape index (κ3) is 3.43. The Morgan fingerprint density at radius 2 is 2.16 bits per heavy atom. The molecule has 0 radical (unpaired) electrons. The number of hydrogen-bond donors (Lipinski definition) is 1. The van der Waals surface area contributed by atoms with Crippen molar-refractivity contribution >= 4 is 62.8 Å². The highest BCUT2D eigenvalue weighted by Crippen LogP contribution is 2.27. The Kier molecular flexibility index (Phi) is 4.38. The van der Waals surface area contributed by atoms with E-state index < -0.39 is 4.92 Å². The summed E-state index contributed by atoms with van der Waals surface area (Å²) in [6.07, 6.45) is 0. The summed E-state index contributed by atoms with van der Waals surface area (Å²) in [5.74, 6) is -0.296. The number of nitrogens with one attached hydrogen (secondary N) is 1. The average molecular weight is 409 g/mol. The third-order valence-electron chi connectivity index (χ3n) is 2.24. The van der Waals surface area contributed by atoms with Crippen molar-refractivity contribution in [3.63, 3.8) is 0 Å². The minimum absolute atomic E-state index is 0.118. The Morgan fingerprint density at radius 3 is 2.68 bits per heavy atom. The van der Waals surface area contributed by atoms with E-state index in [2.05, 4.69) is 27.9 Å². The summed E-state index contributed by atoms with van der Waals surface area (Å²) in [7, 11) is 0. The minimum atomic E-state index is -0.543. The van der Waals surface area contributed by atoms with Gasteiger partial charge in [-0.2, -0.15) is 0 Å². The number of halogens is 2. The van der Waals surface area contributed by atoms with E-state index in [1.54, 1.807) is 11.4 Å². The van der Waals surface area contributed by atoms with Crippen LogP contribution in [0.15, 0.2) is 29.6 Å². The molecular formula is C11H6ClIN2O3S. The zero-order valence-electron chi connectivity index (χ0n) is 9.22. The van der Waals surface area contributed by atoms with Crippen LogP contribution in [0.4, 0.5) is 11.4 Å². The number of carbonyl (C=O) groups is 1. The molecule has 0 bridgehead atoms. The number of nitrogens with zero attached hydrogens (tertiary/aromatic N) is 1. The molecule has 0 saturated heterocycles. The van der Waals surface area contributed by atoms with Gasteiger partial charge in [0, 0.05) is 17.5 Å². The monoisotopic (exact) mass is 408 g/mol. The lowest BCUT2D eigenvalue weighted by Crippen LogP contribution is -2.11. The van der Waals surface area contributed by atoms with Crippen LogP contribution in [0.1, 0.15) is 10.4 Å². The van der Waals surface area contributed by atoms with Gasteiger partial charge in [-0.25, -0.2) is 0 Å². The van der Waals surface area contributed by atoms with E-state index in [1.165, 1.54) is 29.5 Å². The van der Waals surface area contributed by atoms with Crippen molar-refractivity contribution in [2.45, 2.75) is 0 Å². The van der Waals surface area contributed by atoms with Gasteiger partial charge in [0.25, 0.3) is 11.6 Å². The van der Waals surface area contributed by atoms with Crippen molar-refractivity contribution in [3.05, 3.63) is 53.2 Å². The van der Waals surface area contributed by atoms with Gasteiger partial charge in [-0.05, 0) is 34.7 Å². The predicted molar refractivity (Wildman–Crippen MR) is 83.1 cm³/mol. The molecule has 98 valence electrons. The minimum Gasteiger partial charge on any atom is -0.321 e. The molecule has 0 saturated carbocycles. The van der Waals surface area contributed by atoms with Crippen molar-refractivity contribution in [2.24, 2.45) is 0 Å². The summed E-state index contributed by atoms with van der Waals surface area (Å²) >= 11 is 9.47. The van der Waals surface area contributed by atoms with Gasteiger partial charge in [-0.15, -0.1) is 11.3 Å². The Balaban J connectivity index is 2.20. The Bertz CT molecular complexity index is 659. The molecule has 1 aromatic heterocycles. The molecule has 0 atom stereocenters. The van der Waals surface area contributed by atoms with E-state index in [0.717, 1.165) is 2.88 Å². The number of amides is 1. The first-order valence-electron chi connectivity index (χ1n) is 4.96. The molecule has 0 aliphatic heterocycles. The molecule has 0 aliphatic rings. The normalized spacial score (nSPS) is 10.2. The maximum absolute atomic E-state index is 11.9. The molecule has 1 aromatic carbocycles. The topological polar surface area (TPSA) is 72.2 Å². The highest BCUT2D eigenvalue weighted by atomic mass is 127. The second kappa shape index (κ2) is 5.85. The van der Waals surface area contributed by atoms with Gasteiger partial charge >= 0.3 is 0 Å². The molecular weight excluding hydrogens is 403 g/mol. The van der Waals surface area contributed by atoms with Crippen LogP contribution in [-0.2, 0) is 0 Å². The highest BCUT2D eigenvalue weighted by molar-refractivity contribution is 14.1. The van der Waals surface area contributed by atoms with Crippen LogP contribution < -0.4 is 5.32 Å². The smallest absolute Gasteiger partial charge is 0.271 e. The number of hydrogen-bond acceptors (Lipinski definition) is 4. The fourth-order valence-corrected chi connectivity index (χ4v) is 2.89. The number of carbonyl (C=O) groups excluding carboxylic acids is 1. The molecule has 8 heteroatoms. The molecule has 2 rings (SSSR count). The summed E-state index contributed by atoms with van der Waals surface area (Å²) in [5, 5.41) is 15.1. The van der Waals surface area contributed by atoms with E-state index in [-0.39, 0.29) is 16.6 Å². The van der Waals surface area contributed by atoms with Gasteiger partial charge in [0.1, 0.15) is 0 Å². The van der Waals surface area contributed by atoms with Crippen LogP contribution in [0.2, 0.25) is 5.02 Å². The lowest BCUT2D eigenvalue weighted by Gasteiger charge is -2.05. The second-order valence-electron chi connectivity index (χ2n) is 3.51. The van der Waals surface area contributed by atoms with Crippen molar-refractivity contribution in [2.75, 3.05) is 5.32 Å². The van der Waals surface area contributed by atoms with Gasteiger partial charge in [-0.1, -0.05) is 11.6 Å². The lowest BCUT2D eigenvalue weighted by atomic mass is 10.2. The fourth-order valence-electron chi connectivity index (χ4n) is 1.34. The predicted octanol–water partition coefficient (Wildman–Crippen LogP) is 4.17. The first kappa shape index (κ1) is 14.2. The maximum atomic E-state index is 11.9. The van der Waals surface area contributed by atoms with Crippen molar-refractivity contribution in [3.8, 4) is 0 Å². The number of anilines is 1. The summed E-state index contributed by atoms with van der Waals surface area (Å²) < 4.78 is 0.998. The van der Waals surface area contributed by atoms with Crippen molar-refractivity contribution in [1.82, 2.24) is 0 Å². The summed E-state index contributed by atoms with van der Waals surface area (Å²) in [6, 6.07) is 5.66. The van der Waals surface area contributed by atoms with Crippen LogP contribution in [-0.4, -0.2) is 10.8 Å². The van der Waals surface area contributed by atoms with Crippen molar-refractivity contribution in [1.29, 1.82) is 0 Å². The largest absolute Gasteiger partial charge is 0.321 e. The fraction of sp³-hybridized carbons (Fsp3) is 0. The molecule has 1 N–H and O–H groups in total. The van der Waals surface area contributed by atoms with Crippen LogP contribution in [0.5, 0.6) is 0 Å². The molecule has 2 aromatic rings. The van der Waals surface area contributed by atoms with Crippen LogP contribution >= 0.6 is 45.5 Å². The summed E-state index contributed by atoms with van der Waals surface area (Å²) in [6.45, 7) is 0. The summed E-state index contributed by atoms with van der Waals surface area (Å²) in [5.41, 5.74) is 0.760. The number of nitro groups is 1. The first-order valence-corrected chi connectivity index (χ1v) is 7.30. The molecule has 1 heterocycles. The van der Waals surface area contributed by atoms with Gasteiger partial charge < -0.3 is 5.32 Å². The summed E-state index contributed by atoms with van der Waals surface area (Å²) in [4.78, 5) is 21.9. The molecule has 0 unspecified atom stereocenters. The number of thiophene rings is 1. The van der Waals surface area contributed by atoms with E-state index in [9.17, 15) is 14.9 Å². The van der Waals surface area contributed by atoms with Gasteiger partial charge in [0.05, 0.1) is 24.1 Å². The Labute approximate surface area is 130 Å². The Hall–Kier alpha value is -1.19. The van der Waals surface area contributed by atoms with Crippen LogP contribution in [0.3, 0.4) is 0 Å². The van der Waals surface area contributed by atoms with E-state index in [1.807, 2.05) is 0 Å². The van der Waals surface area contributed by atoms with E-state index in [0.29, 0.717) is 11.3 Å². The molecule has 0 fully saturated rings.